The fraction of sp³-hybridized carbons (Fsp3) is 0.0435. The highest BCUT2D eigenvalue weighted by molar-refractivity contribution is 7.92. The number of sulfonamides is 1. The first kappa shape index (κ1) is 23.5. The van der Waals surface area contributed by atoms with Gasteiger partial charge >= 0.3 is 0 Å². The summed E-state index contributed by atoms with van der Waals surface area (Å²) in [5.41, 5.74) is 5.46. The lowest BCUT2D eigenvalue weighted by atomic mass is 10.2. The van der Waals surface area contributed by atoms with Crippen molar-refractivity contribution in [2.24, 2.45) is 0 Å². The van der Waals surface area contributed by atoms with Crippen LogP contribution >= 0.6 is 0 Å². The Morgan fingerprint density at radius 3 is 2.24 bits per heavy atom. The quantitative estimate of drug-likeness (QED) is 0.364. The molecule has 3 aromatic rings. The first-order valence-corrected chi connectivity index (χ1v) is 11.1. The molecule has 0 saturated heterocycles. The molecule has 2 amide bonds. The number of carbonyl (C=O) groups is 2. The van der Waals surface area contributed by atoms with Crippen LogP contribution in [0.25, 0.3) is 6.08 Å². The van der Waals surface area contributed by atoms with Crippen molar-refractivity contribution in [3.8, 4) is 5.75 Å². The Kier molecular flexibility index (Phi) is 7.42. The van der Waals surface area contributed by atoms with E-state index in [1.807, 2.05) is 0 Å². The van der Waals surface area contributed by atoms with Crippen molar-refractivity contribution in [3.05, 3.63) is 95.8 Å². The Morgan fingerprint density at radius 1 is 0.909 bits per heavy atom. The Morgan fingerprint density at radius 2 is 1.58 bits per heavy atom. The van der Waals surface area contributed by atoms with E-state index in [0.717, 1.165) is 12.1 Å². The SMILES string of the molecule is COc1ccccc1NS(=O)(=O)c1ccc(/C=C/C(=O)NNC(=O)c2ccc(F)cc2)cc1. The third kappa shape index (κ3) is 6.40. The van der Waals surface area contributed by atoms with E-state index >= 15 is 0 Å². The van der Waals surface area contributed by atoms with Crippen LogP contribution in [-0.4, -0.2) is 27.3 Å². The van der Waals surface area contributed by atoms with Crippen LogP contribution in [0.2, 0.25) is 0 Å². The highest BCUT2D eigenvalue weighted by Crippen LogP contribution is 2.26. The second-order valence-corrected chi connectivity index (χ2v) is 8.34. The van der Waals surface area contributed by atoms with Gasteiger partial charge in [-0.3, -0.25) is 25.2 Å². The minimum atomic E-state index is -3.85. The fourth-order valence-corrected chi connectivity index (χ4v) is 3.77. The van der Waals surface area contributed by atoms with Crippen LogP contribution in [0.15, 0.2) is 83.8 Å². The Bertz CT molecular complexity index is 1270. The molecule has 0 spiro atoms. The third-order valence-electron chi connectivity index (χ3n) is 4.37. The van der Waals surface area contributed by atoms with E-state index < -0.39 is 27.7 Å². The summed E-state index contributed by atoms with van der Waals surface area (Å²) in [6.45, 7) is 0. The zero-order chi connectivity index (χ0) is 23.8. The number of halogens is 1. The number of hydrogen-bond donors (Lipinski definition) is 3. The monoisotopic (exact) mass is 469 g/mol. The smallest absolute Gasteiger partial charge is 0.269 e. The average Bonchev–Trinajstić information content (AvgIpc) is 2.82. The molecular weight excluding hydrogens is 449 g/mol. The van der Waals surface area contributed by atoms with Crippen molar-refractivity contribution < 1.29 is 27.1 Å². The zero-order valence-electron chi connectivity index (χ0n) is 17.4. The normalized spacial score (nSPS) is 11.1. The van der Waals surface area contributed by atoms with Gasteiger partial charge in [-0.1, -0.05) is 24.3 Å². The van der Waals surface area contributed by atoms with Gasteiger partial charge in [0.25, 0.3) is 21.8 Å². The highest BCUT2D eigenvalue weighted by Gasteiger charge is 2.16. The summed E-state index contributed by atoms with van der Waals surface area (Å²) < 4.78 is 45.8. The molecule has 8 nitrogen and oxygen atoms in total. The van der Waals surface area contributed by atoms with E-state index in [9.17, 15) is 22.4 Å². The Labute approximate surface area is 190 Å². The lowest BCUT2D eigenvalue weighted by Crippen LogP contribution is -2.40. The minimum Gasteiger partial charge on any atom is -0.495 e. The van der Waals surface area contributed by atoms with Gasteiger partial charge in [-0.2, -0.15) is 0 Å². The Hall–Kier alpha value is -4.18. The van der Waals surface area contributed by atoms with Crippen LogP contribution in [0.1, 0.15) is 15.9 Å². The molecular formula is C23H20FN3O5S. The molecule has 0 aliphatic rings. The molecule has 0 fully saturated rings. The molecule has 0 aliphatic carbocycles. The molecule has 0 radical (unpaired) electrons. The fourth-order valence-electron chi connectivity index (χ4n) is 2.70. The number of hydrogen-bond acceptors (Lipinski definition) is 5. The van der Waals surface area contributed by atoms with Crippen molar-refractivity contribution in [3.63, 3.8) is 0 Å². The van der Waals surface area contributed by atoms with Crippen molar-refractivity contribution in [1.29, 1.82) is 0 Å². The van der Waals surface area contributed by atoms with Gasteiger partial charge in [0.05, 0.1) is 17.7 Å². The molecule has 3 N–H and O–H groups in total. The number of amides is 2. The van der Waals surface area contributed by atoms with Crippen molar-refractivity contribution in [2.45, 2.75) is 4.90 Å². The van der Waals surface area contributed by atoms with Gasteiger partial charge in [-0.05, 0) is 60.2 Å². The number of nitrogens with one attached hydrogen (secondary N) is 3. The van der Waals surface area contributed by atoms with E-state index in [4.69, 9.17) is 4.74 Å². The maximum Gasteiger partial charge on any atom is 0.269 e. The van der Waals surface area contributed by atoms with Gasteiger partial charge in [0.1, 0.15) is 11.6 Å². The van der Waals surface area contributed by atoms with Gasteiger partial charge in [-0.25, -0.2) is 12.8 Å². The van der Waals surface area contributed by atoms with Gasteiger partial charge in [0.2, 0.25) is 0 Å². The van der Waals surface area contributed by atoms with E-state index in [2.05, 4.69) is 15.6 Å². The summed E-state index contributed by atoms with van der Waals surface area (Å²) in [5.74, 6) is -1.31. The summed E-state index contributed by atoms with van der Waals surface area (Å²) in [6.07, 6.45) is 2.62. The first-order valence-electron chi connectivity index (χ1n) is 9.58. The van der Waals surface area contributed by atoms with Crippen LogP contribution in [0, 0.1) is 5.82 Å². The first-order chi connectivity index (χ1) is 15.8. The summed E-state index contributed by atoms with van der Waals surface area (Å²) >= 11 is 0. The second-order valence-electron chi connectivity index (χ2n) is 6.66. The number of carbonyl (C=O) groups excluding carboxylic acids is 2. The van der Waals surface area contributed by atoms with Crippen LogP contribution in [-0.2, 0) is 14.8 Å². The summed E-state index contributed by atoms with van der Waals surface area (Å²) in [6, 6.07) is 17.3. The number of benzene rings is 3. The summed E-state index contributed by atoms with van der Waals surface area (Å²) in [7, 11) is -2.40. The lowest BCUT2D eigenvalue weighted by Gasteiger charge is -2.11. The van der Waals surface area contributed by atoms with Crippen molar-refractivity contribution in [2.75, 3.05) is 11.8 Å². The van der Waals surface area contributed by atoms with E-state index in [1.54, 1.807) is 24.3 Å². The number of para-hydroxylation sites is 2. The summed E-state index contributed by atoms with van der Waals surface area (Å²) in [4.78, 5) is 23.8. The molecule has 0 saturated carbocycles. The highest BCUT2D eigenvalue weighted by atomic mass is 32.2. The second kappa shape index (κ2) is 10.4. The van der Waals surface area contributed by atoms with E-state index in [-0.39, 0.29) is 10.5 Å². The molecule has 33 heavy (non-hydrogen) atoms. The summed E-state index contributed by atoms with van der Waals surface area (Å²) in [5, 5.41) is 0. The predicted octanol–water partition coefficient (Wildman–Crippen LogP) is 3.11. The van der Waals surface area contributed by atoms with Crippen LogP contribution in [0.5, 0.6) is 5.75 Å². The van der Waals surface area contributed by atoms with E-state index in [1.165, 1.54) is 55.7 Å². The third-order valence-corrected chi connectivity index (χ3v) is 5.76. The van der Waals surface area contributed by atoms with Gasteiger partial charge in [0.15, 0.2) is 0 Å². The van der Waals surface area contributed by atoms with Gasteiger partial charge < -0.3 is 4.74 Å². The van der Waals surface area contributed by atoms with Crippen molar-refractivity contribution >= 4 is 33.6 Å². The Balaban J connectivity index is 1.58. The zero-order valence-corrected chi connectivity index (χ0v) is 18.2. The maximum atomic E-state index is 12.9. The maximum absolute atomic E-state index is 12.9. The number of ether oxygens (including phenoxy) is 1. The van der Waals surface area contributed by atoms with Gasteiger partial charge in [0, 0.05) is 11.6 Å². The van der Waals surface area contributed by atoms with E-state index in [0.29, 0.717) is 17.0 Å². The molecule has 3 rings (SSSR count). The standard InChI is InChI=1S/C23H20FN3O5S/c1-32-21-5-3-2-4-20(21)27-33(30,31)19-13-6-16(7-14-19)8-15-22(28)25-26-23(29)17-9-11-18(24)12-10-17/h2-15,27H,1H3,(H,25,28)(H,26,29)/b15-8+. The predicted molar refractivity (Wildman–Crippen MR) is 121 cm³/mol. The molecule has 0 unspecified atom stereocenters. The van der Waals surface area contributed by atoms with Crippen LogP contribution in [0.4, 0.5) is 10.1 Å². The molecule has 0 atom stereocenters. The van der Waals surface area contributed by atoms with Crippen LogP contribution in [0.3, 0.4) is 0 Å². The van der Waals surface area contributed by atoms with Crippen molar-refractivity contribution in [1.82, 2.24) is 10.9 Å². The van der Waals surface area contributed by atoms with Crippen LogP contribution < -0.4 is 20.3 Å². The molecule has 0 aliphatic heterocycles. The molecule has 170 valence electrons. The number of rotatable bonds is 7. The topological polar surface area (TPSA) is 114 Å². The average molecular weight is 469 g/mol. The number of anilines is 1. The molecule has 10 heteroatoms. The lowest BCUT2D eigenvalue weighted by molar-refractivity contribution is -0.117. The molecule has 3 aromatic carbocycles. The molecule has 0 bridgehead atoms. The molecule has 0 heterocycles. The molecule has 0 aromatic heterocycles. The van der Waals surface area contributed by atoms with Gasteiger partial charge in [-0.15, -0.1) is 0 Å². The largest absolute Gasteiger partial charge is 0.495 e. The minimum absolute atomic E-state index is 0.0292. The number of hydrazine groups is 1. The number of methoxy groups -OCH3 is 1.